The molecule has 0 saturated heterocycles. The summed E-state index contributed by atoms with van der Waals surface area (Å²) in [5.74, 6) is 0.164. The molecule has 0 fully saturated rings. The maximum Gasteiger partial charge on any atom is 0.258 e. The molecule has 1 aromatic carbocycles. The summed E-state index contributed by atoms with van der Waals surface area (Å²) in [4.78, 5) is 22.5. The summed E-state index contributed by atoms with van der Waals surface area (Å²) in [6, 6.07) is 5.15. The van der Waals surface area contributed by atoms with Crippen LogP contribution in [-0.4, -0.2) is 38.6 Å². The Balaban J connectivity index is 2.52. The van der Waals surface area contributed by atoms with Gasteiger partial charge < -0.3 is 14.8 Å². The first kappa shape index (κ1) is 15.2. The van der Waals surface area contributed by atoms with Crippen LogP contribution in [0.5, 0.6) is 5.75 Å². The fraction of sp³-hybridized carbons (Fsp3) is 0.429. The number of carbonyl (C=O) groups excluding carboxylic acids is 2. The Bertz CT molecular complexity index is 445. The topological polar surface area (TPSA) is 64.6 Å². The largest absolute Gasteiger partial charge is 0.483 e. The highest BCUT2D eigenvalue weighted by atomic mass is 16.5. The summed E-state index contributed by atoms with van der Waals surface area (Å²) >= 11 is 0. The lowest BCUT2D eigenvalue weighted by Gasteiger charge is -2.13. The normalized spacial score (nSPS) is 11.7. The number of rotatable bonds is 7. The van der Waals surface area contributed by atoms with E-state index in [1.807, 2.05) is 19.9 Å². The highest BCUT2D eigenvalue weighted by Crippen LogP contribution is 2.17. The van der Waals surface area contributed by atoms with Crippen molar-refractivity contribution in [1.82, 2.24) is 5.32 Å². The Labute approximate surface area is 112 Å². The van der Waals surface area contributed by atoms with Gasteiger partial charge in [-0.2, -0.15) is 0 Å². The van der Waals surface area contributed by atoms with Gasteiger partial charge in [-0.3, -0.25) is 9.59 Å². The number of aryl methyl sites for hydroxylation is 1. The molecule has 0 heterocycles. The number of aldehydes is 1. The van der Waals surface area contributed by atoms with Crippen LogP contribution in [0.3, 0.4) is 0 Å². The van der Waals surface area contributed by atoms with Gasteiger partial charge in [-0.1, -0.05) is 11.6 Å². The third kappa shape index (κ3) is 5.09. The summed E-state index contributed by atoms with van der Waals surface area (Å²) in [6.07, 6.45) is 0.716. The third-order valence-electron chi connectivity index (χ3n) is 2.48. The highest BCUT2D eigenvalue weighted by Gasteiger charge is 2.09. The number of ether oxygens (including phenoxy) is 2. The first-order valence-electron chi connectivity index (χ1n) is 6.03. The van der Waals surface area contributed by atoms with Crippen molar-refractivity contribution in [2.45, 2.75) is 19.9 Å². The van der Waals surface area contributed by atoms with Crippen molar-refractivity contribution in [3.8, 4) is 5.75 Å². The van der Waals surface area contributed by atoms with Crippen LogP contribution >= 0.6 is 0 Å². The number of benzene rings is 1. The number of nitrogens with one attached hydrogen (secondary N) is 1. The molecule has 104 valence electrons. The van der Waals surface area contributed by atoms with E-state index in [1.54, 1.807) is 19.2 Å². The zero-order valence-corrected chi connectivity index (χ0v) is 11.4. The van der Waals surface area contributed by atoms with Gasteiger partial charge in [-0.15, -0.1) is 0 Å². The third-order valence-corrected chi connectivity index (χ3v) is 2.48. The van der Waals surface area contributed by atoms with Crippen molar-refractivity contribution in [1.29, 1.82) is 0 Å². The van der Waals surface area contributed by atoms with Crippen molar-refractivity contribution in [3.05, 3.63) is 29.3 Å². The van der Waals surface area contributed by atoms with Gasteiger partial charge in [0.15, 0.2) is 12.9 Å². The number of carbonyl (C=O) groups is 2. The molecule has 0 saturated carbocycles. The van der Waals surface area contributed by atoms with Crippen LogP contribution in [0.2, 0.25) is 0 Å². The number of hydrogen-bond donors (Lipinski definition) is 1. The Kier molecular flexibility index (Phi) is 6.02. The average Bonchev–Trinajstić information content (AvgIpc) is 2.37. The predicted octanol–water partition coefficient (Wildman–Crippen LogP) is 1.34. The molecular weight excluding hydrogens is 246 g/mol. The van der Waals surface area contributed by atoms with E-state index < -0.39 is 0 Å². The molecule has 0 aliphatic heterocycles. The lowest BCUT2D eigenvalue weighted by atomic mass is 10.1. The number of amides is 1. The quantitative estimate of drug-likeness (QED) is 0.756. The second kappa shape index (κ2) is 7.53. The summed E-state index contributed by atoms with van der Waals surface area (Å²) in [5, 5.41) is 2.72. The van der Waals surface area contributed by atoms with Gasteiger partial charge in [0.1, 0.15) is 5.75 Å². The molecule has 19 heavy (non-hydrogen) atoms. The summed E-state index contributed by atoms with van der Waals surface area (Å²) in [7, 11) is 1.57. The van der Waals surface area contributed by atoms with Crippen molar-refractivity contribution in [2.75, 3.05) is 20.3 Å². The van der Waals surface area contributed by atoms with E-state index in [-0.39, 0.29) is 18.6 Å². The van der Waals surface area contributed by atoms with Crippen LogP contribution in [-0.2, 0) is 9.53 Å². The van der Waals surface area contributed by atoms with E-state index in [1.165, 1.54) is 0 Å². The van der Waals surface area contributed by atoms with E-state index in [9.17, 15) is 9.59 Å². The Morgan fingerprint density at radius 3 is 2.84 bits per heavy atom. The minimum atomic E-state index is -0.248. The van der Waals surface area contributed by atoms with Crippen LogP contribution < -0.4 is 10.1 Å². The SMILES string of the molecule is COCC(C)NC(=O)COc1ccc(C)cc1C=O. The van der Waals surface area contributed by atoms with Crippen LogP contribution in [0.25, 0.3) is 0 Å². The van der Waals surface area contributed by atoms with E-state index in [4.69, 9.17) is 9.47 Å². The highest BCUT2D eigenvalue weighted by molar-refractivity contribution is 5.81. The van der Waals surface area contributed by atoms with Gasteiger partial charge in [0.2, 0.25) is 0 Å². The van der Waals surface area contributed by atoms with Crippen LogP contribution in [0.4, 0.5) is 0 Å². The smallest absolute Gasteiger partial charge is 0.258 e. The fourth-order valence-electron chi connectivity index (χ4n) is 1.64. The maximum atomic E-state index is 11.6. The van der Waals surface area contributed by atoms with Gasteiger partial charge in [0.05, 0.1) is 12.2 Å². The first-order valence-corrected chi connectivity index (χ1v) is 6.03. The predicted molar refractivity (Wildman–Crippen MR) is 71.5 cm³/mol. The zero-order chi connectivity index (χ0) is 14.3. The van der Waals surface area contributed by atoms with E-state index >= 15 is 0 Å². The molecule has 0 spiro atoms. The Hall–Kier alpha value is -1.88. The van der Waals surface area contributed by atoms with E-state index in [0.717, 1.165) is 5.56 Å². The number of methoxy groups -OCH3 is 1. The van der Waals surface area contributed by atoms with Gasteiger partial charge in [-0.05, 0) is 26.0 Å². The molecule has 1 rings (SSSR count). The molecule has 5 nitrogen and oxygen atoms in total. The molecule has 0 radical (unpaired) electrons. The molecule has 0 aromatic heterocycles. The molecular formula is C14H19NO4. The van der Waals surface area contributed by atoms with Crippen molar-refractivity contribution in [2.24, 2.45) is 0 Å². The van der Waals surface area contributed by atoms with E-state index in [0.29, 0.717) is 24.2 Å². The van der Waals surface area contributed by atoms with Crippen LogP contribution in [0.1, 0.15) is 22.8 Å². The van der Waals surface area contributed by atoms with Gasteiger partial charge >= 0.3 is 0 Å². The minimum absolute atomic E-state index is 0.0790. The van der Waals surface area contributed by atoms with E-state index in [2.05, 4.69) is 5.32 Å². The lowest BCUT2D eigenvalue weighted by Crippen LogP contribution is -2.38. The van der Waals surface area contributed by atoms with Crippen molar-refractivity contribution < 1.29 is 19.1 Å². The molecule has 0 aliphatic rings. The van der Waals surface area contributed by atoms with Gasteiger partial charge in [0.25, 0.3) is 5.91 Å². The number of hydrogen-bond acceptors (Lipinski definition) is 4. The molecule has 1 N–H and O–H groups in total. The second-order valence-electron chi connectivity index (χ2n) is 4.37. The molecule has 0 aliphatic carbocycles. The average molecular weight is 265 g/mol. The van der Waals surface area contributed by atoms with Crippen molar-refractivity contribution in [3.63, 3.8) is 0 Å². The van der Waals surface area contributed by atoms with Crippen LogP contribution in [0, 0.1) is 6.92 Å². The minimum Gasteiger partial charge on any atom is -0.483 e. The monoisotopic (exact) mass is 265 g/mol. The molecule has 5 heteroatoms. The van der Waals surface area contributed by atoms with Gasteiger partial charge in [0, 0.05) is 13.2 Å². The second-order valence-corrected chi connectivity index (χ2v) is 4.37. The van der Waals surface area contributed by atoms with Gasteiger partial charge in [-0.25, -0.2) is 0 Å². The summed E-state index contributed by atoms with van der Waals surface area (Å²) in [6.45, 7) is 4.04. The molecule has 1 aromatic rings. The standard InChI is InChI=1S/C14H19NO4/c1-10-4-5-13(12(6-10)7-16)19-9-14(17)15-11(2)8-18-3/h4-7,11H,8-9H2,1-3H3,(H,15,17). The van der Waals surface area contributed by atoms with Crippen molar-refractivity contribution >= 4 is 12.2 Å². The molecule has 0 bridgehead atoms. The summed E-state index contributed by atoms with van der Waals surface area (Å²) in [5.41, 5.74) is 1.41. The molecule has 1 atom stereocenters. The van der Waals surface area contributed by atoms with Crippen LogP contribution in [0.15, 0.2) is 18.2 Å². The lowest BCUT2D eigenvalue weighted by molar-refractivity contribution is -0.124. The zero-order valence-electron chi connectivity index (χ0n) is 11.4. The first-order chi connectivity index (χ1) is 9.06. The maximum absolute atomic E-state index is 11.6. The Morgan fingerprint density at radius 2 is 2.21 bits per heavy atom. The molecule has 1 amide bonds. The Morgan fingerprint density at radius 1 is 1.47 bits per heavy atom. The fourth-order valence-corrected chi connectivity index (χ4v) is 1.64. The molecule has 1 unspecified atom stereocenters. The summed E-state index contributed by atoms with van der Waals surface area (Å²) < 4.78 is 10.3.